The van der Waals surface area contributed by atoms with Crippen LogP contribution in [-0.4, -0.2) is 30.4 Å². The Morgan fingerprint density at radius 1 is 1.23 bits per heavy atom. The largest absolute Gasteiger partial charge is 0.504 e. The average Bonchev–Trinajstić information content (AvgIpc) is 2.64. The van der Waals surface area contributed by atoms with Crippen LogP contribution in [0.15, 0.2) is 60.2 Å². The molecule has 0 atom stereocenters. The molecule has 136 valence electrons. The highest BCUT2D eigenvalue weighted by Crippen LogP contribution is 2.26. The van der Waals surface area contributed by atoms with Crippen LogP contribution in [0.1, 0.15) is 18.1 Å². The average molecular weight is 354 g/mol. The lowest BCUT2D eigenvalue weighted by atomic mass is 10.1. The Bertz CT molecular complexity index is 787. The van der Waals surface area contributed by atoms with Gasteiger partial charge in [-0.25, -0.2) is 5.43 Å². The summed E-state index contributed by atoms with van der Waals surface area (Å²) in [5.41, 5.74) is 4.05. The molecule has 0 fully saturated rings. The zero-order valence-electron chi connectivity index (χ0n) is 14.6. The molecule has 0 saturated carbocycles. The number of benzene rings is 2. The molecule has 6 nitrogen and oxygen atoms in total. The number of amides is 1. The zero-order valence-corrected chi connectivity index (χ0v) is 14.6. The number of ether oxygens (including phenoxy) is 2. The number of phenols is 1. The van der Waals surface area contributed by atoms with E-state index in [2.05, 4.69) is 17.1 Å². The highest BCUT2D eigenvalue weighted by Gasteiger charge is 2.05. The van der Waals surface area contributed by atoms with Gasteiger partial charge in [0.15, 0.2) is 18.1 Å². The second-order valence-electron chi connectivity index (χ2n) is 5.34. The fourth-order valence-corrected chi connectivity index (χ4v) is 2.21. The minimum Gasteiger partial charge on any atom is -0.504 e. The van der Waals surface area contributed by atoms with Crippen LogP contribution < -0.4 is 14.9 Å². The number of allylic oxidation sites excluding steroid dienone is 1. The van der Waals surface area contributed by atoms with Crippen LogP contribution in [0.5, 0.6) is 17.2 Å². The molecule has 2 rings (SSSR count). The summed E-state index contributed by atoms with van der Waals surface area (Å²) in [5, 5.41) is 13.5. The number of para-hydroxylation sites is 1. The summed E-state index contributed by atoms with van der Waals surface area (Å²) in [6.07, 6.45) is 3.91. The second kappa shape index (κ2) is 9.88. The normalized spacial score (nSPS) is 10.5. The van der Waals surface area contributed by atoms with Gasteiger partial charge >= 0.3 is 0 Å². The zero-order chi connectivity index (χ0) is 18.8. The van der Waals surface area contributed by atoms with Crippen molar-refractivity contribution in [3.63, 3.8) is 0 Å². The Labute approximate surface area is 152 Å². The van der Waals surface area contributed by atoms with Gasteiger partial charge in [0.05, 0.1) is 12.8 Å². The van der Waals surface area contributed by atoms with Gasteiger partial charge in [0.2, 0.25) is 0 Å². The Kier molecular flexibility index (Phi) is 7.24. The van der Waals surface area contributed by atoms with E-state index in [1.165, 1.54) is 12.3 Å². The summed E-state index contributed by atoms with van der Waals surface area (Å²) in [6, 6.07) is 12.3. The molecule has 0 heterocycles. The maximum atomic E-state index is 11.9. The smallest absolute Gasteiger partial charge is 0.277 e. The molecular weight excluding hydrogens is 332 g/mol. The molecule has 2 aromatic carbocycles. The Balaban J connectivity index is 1.88. The minimum absolute atomic E-state index is 0.0552. The lowest BCUT2D eigenvalue weighted by Gasteiger charge is -2.09. The lowest BCUT2D eigenvalue weighted by Crippen LogP contribution is -2.24. The summed E-state index contributed by atoms with van der Waals surface area (Å²) in [6.45, 7) is 5.83. The quantitative estimate of drug-likeness (QED) is 0.412. The number of aromatic hydroxyl groups is 1. The van der Waals surface area contributed by atoms with E-state index in [9.17, 15) is 9.90 Å². The number of nitrogens with zero attached hydrogens (tertiary/aromatic N) is 1. The molecule has 0 radical (unpaired) electrons. The highest BCUT2D eigenvalue weighted by atomic mass is 16.5. The number of hydrogen-bond acceptors (Lipinski definition) is 5. The highest BCUT2D eigenvalue weighted by molar-refractivity contribution is 5.83. The Morgan fingerprint density at radius 2 is 2.04 bits per heavy atom. The molecule has 0 aromatic heterocycles. The van der Waals surface area contributed by atoms with E-state index in [1.807, 2.05) is 25.1 Å². The number of nitrogens with one attached hydrogen (secondary N) is 1. The lowest BCUT2D eigenvalue weighted by molar-refractivity contribution is -0.123. The third-order valence-corrected chi connectivity index (χ3v) is 3.38. The van der Waals surface area contributed by atoms with Crippen LogP contribution in [0.2, 0.25) is 0 Å². The number of carbonyl (C=O) groups excluding carboxylic acids is 1. The number of hydrogen-bond donors (Lipinski definition) is 2. The summed E-state index contributed by atoms with van der Waals surface area (Å²) in [4.78, 5) is 11.9. The fraction of sp³-hybridized carbons (Fsp3) is 0.200. The van der Waals surface area contributed by atoms with E-state index in [4.69, 9.17) is 9.47 Å². The first-order chi connectivity index (χ1) is 12.6. The van der Waals surface area contributed by atoms with Crippen molar-refractivity contribution in [3.8, 4) is 17.2 Å². The third kappa shape index (κ3) is 5.66. The monoisotopic (exact) mass is 354 g/mol. The first-order valence-corrected chi connectivity index (χ1v) is 8.23. The second-order valence-corrected chi connectivity index (χ2v) is 5.34. The number of rotatable bonds is 9. The summed E-state index contributed by atoms with van der Waals surface area (Å²) >= 11 is 0. The molecule has 1 amide bonds. The predicted molar refractivity (Wildman–Crippen MR) is 101 cm³/mol. The molecule has 26 heavy (non-hydrogen) atoms. The van der Waals surface area contributed by atoms with Crippen LogP contribution in [0.25, 0.3) is 0 Å². The van der Waals surface area contributed by atoms with Gasteiger partial charge < -0.3 is 14.6 Å². The molecule has 0 bridgehead atoms. The van der Waals surface area contributed by atoms with Crippen LogP contribution in [0.3, 0.4) is 0 Å². The molecule has 0 spiro atoms. The van der Waals surface area contributed by atoms with E-state index in [0.29, 0.717) is 30.1 Å². The van der Waals surface area contributed by atoms with Crippen molar-refractivity contribution in [1.29, 1.82) is 0 Å². The van der Waals surface area contributed by atoms with Gasteiger partial charge in [0.1, 0.15) is 5.75 Å². The van der Waals surface area contributed by atoms with Crippen molar-refractivity contribution >= 4 is 12.1 Å². The minimum atomic E-state index is -0.376. The molecule has 0 aliphatic heterocycles. The SMILES string of the molecule is C=CCc1ccccc1OCC(=O)NN=Cc1ccc(O)c(OCC)c1. The summed E-state index contributed by atoms with van der Waals surface area (Å²) < 4.78 is 10.8. The van der Waals surface area contributed by atoms with Gasteiger partial charge in [0.25, 0.3) is 5.91 Å². The molecule has 0 saturated heterocycles. The molecule has 0 aliphatic rings. The molecule has 2 aromatic rings. The van der Waals surface area contributed by atoms with E-state index >= 15 is 0 Å². The molecular formula is C20H22N2O4. The predicted octanol–water partition coefficient (Wildman–Crippen LogP) is 3.05. The number of hydrazone groups is 1. The molecule has 2 N–H and O–H groups in total. The van der Waals surface area contributed by atoms with E-state index in [0.717, 1.165) is 5.56 Å². The van der Waals surface area contributed by atoms with Crippen molar-refractivity contribution < 1.29 is 19.4 Å². The summed E-state index contributed by atoms with van der Waals surface area (Å²) in [5.74, 6) is 0.689. The molecule has 0 aliphatic carbocycles. The summed E-state index contributed by atoms with van der Waals surface area (Å²) in [7, 11) is 0. The molecule has 6 heteroatoms. The fourth-order valence-electron chi connectivity index (χ4n) is 2.21. The Morgan fingerprint density at radius 3 is 2.81 bits per heavy atom. The van der Waals surface area contributed by atoms with Crippen LogP contribution >= 0.6 is 0 Å². The number of phenolic OH excluding ortho intramolecular Hbond substituents is 1. The van der Waals surface area contributed by atoms with Crippen molar-refractivity contribution in [3.05, 3.63) is 66.2 Å². The number of carbonyl (C=O) groups is 1. The third-order valence-electron chi connectivity index (χ3n) is 3.38. The van der Waals surface area contributed by atoms with Gasteiger partial charge in [-0.3, -0.25) is 4.79 Å². The van der Waals surface area contributed by atoms with Crippen molar-refractivity contribution in [2.75, 3.05) is 13.2 Å². The van der Waals surface area contributed by atoms with Gasteiger partial charge in [-0.05, 0) is 48.7 Å². The van der Waals surface area contributed by atoms with E-state index in [1.54, 1.807) is 24.3 Å². The van der Waals surface area contributed by atoms with Crippen LogP contribution in [-0.2, 0) is 11.2 Å². The van der Waals surface area contributed by atoms with Gasteiger partial charge in [-0.1, -0.05) is 24.3 Å². The van der Waals surface area contributed by atoms with Gasteiger partial charge in [-0.2, -0.15) is 5.10 Å². The topological polar surface area (TPSA) is 80.2 Å². The van der Waals surface area contributed by atoms with E-state index < -0.39 is 0 Å². The van der Waals surface area contributed by atoms with Crippen LogP contribution in [0.4, 0.5) is 0 Å². The van der Waals surface area contributed by atoms with Gasteiger partial charge in [0, 0.05) is 0 Å². The maximum absolute atomic E-state index is 11.9. The maximum Gasteiger partial charge on any atom is 0.277 e. The first kappa shape index (κ1) is 19.1. The van der Waals surface area contributed by atoms with E-state index in [-0.39, 0.29) is 18.3 Å². The van der Waals surface area contributed by atoms with Crippen LogP contribution in [0, 0.1) is 0 Å². The Hall–Kier alpha value is -3.28. The van der Waals surface area contributed by atoms with Crippen molar-refractivity contribution in [2.45, 2.75) is 13.3 Å². The molecule has 0 unspecified atom stereocenters. The van der Waals surface area contributed by atoms with Gasteiger partial charge in [-0.15, -0.1) is 6.58 Å². The van der Waals surface area contributed by atoms with Crippen molar-refractivity contribution in [1.82, 2.24) is 5.43 Å². The standard InChI is InChI=1S/C20H22N2O4/c1-3-7-16-8-5-6-9-18(16)26-14-20(24)22-21-13-15-10-11-17(23)19(12-15)25-4-2/h3,5-6,8-13,23H,1,4,7,14H2,2H3,(H,22,24). The first-order valence-electron chi connectivity index (χ1n) is 8.23. The van der Waals surface area contributed by atoms with Crippen molar-refractivity contribution in [2.24, 2.45) is 5.10 Å².